The maximum Gasteiger partial charge on any atom is 0.138 e. The van der Waals surface area contributed by atoms with Crippen LogP contribution in [0.3, 0.4) is 0 Å². The Labute approximate surface area is 79.2 Å². The second-order valence-electron chi connectivity index (χ2n) is 3.15. The number of aryl methyl sites for hydroxylation is 2. The normalized spacial score (nSPS) is 10.6. The number of unbranched alkanes of at least 4 members (excludes halogenated alkanes) is 1. The first kappa shape index (κ1) is 10.2. The lowest BCUT2D eigenvalue weighted by Gasteiger charge is -2.03. The molecule has 0 spiro atoms. The number of hydrogen-bond acceptors (Lipinski definition) is 3. The Balaban J connectivity index is 2.40. The number of hydrogen-bond donors (Lipinski definition) is 1. The van der Waals surface area contributed by atoms with E-state index in [0.29, 0.717) is 0 Å². The van der Waals surface area contributed by atoms with Crippen LogP contribution in [-0.2, 0) is 13.0 Å². The third kappa shape index (κ3) is 3.14. The topological polar surface area (TPSA) is 56.7 Å². The van der Waals surface area contributed by atoms with E-state index in [0.717, 1.165) is 44.6 Å². The summed E-state index contributed by atoms with van der Waals surface area (Å²) < 4.78 is 1.98. The molecular formula is C9H18N4. The molecule has 0 unspecified atom stereocenters. The highest BCUT2D eigenvalue weighted by molar-refractivity contribution is 4.84. The fraction of sp³-hybridized carbons (Fsp3) is 0.778. The van der Waals surface area contributed by atoms with Gasteiger partial charge in [0.15, 0.2) is 0 Å². The van der Waals surface area contributed by atoms with E-state index in [-0.39, 0.29) is 0 Å². The van der Waals surface area contributed by atoms with Crippen LogP contribution < -0.4 is 5.73 Å². The molecule has 1 rings (SSSR count). The van der Waals surface area contributed by atoms with Crippen LogP contribution in [0.2, 0.25) is 0 Å². The molecule has 1 heterocycles. The van der Waals surface area contributed by atoms with Crippen molar-refractivity contribution in [3.05, 3.63) is 12.2 Å². The van der Waals surface area contributed by atoms with E-state index in [1.54, 1.807) is 6.33 Å². The minimum absolute atomic E-state index is 0.766. The van der Waals surface area contributed by atoms with Crippen molar-refractivity contribution in [1.82, 2.24) is 14.8 Å². The van der Waals surface area contributed by atoms with Crippen molar-refractivity contribution < 1.29 is 0 Å². The summed E-state index contributed by atoms with van der Waals surface area (Å²) in [5.41, 5.74) is 5.42. The van der Waals surface area contributed by atoms with E-state index in [1.807, 2.05) is 4.68 Å². The van der Waals surface area contributed by atoms with Gasteiger partial charge in [0.1, 0.15) is 12.2 Å². The minimum atomic E-state index is 0.766. The van der Waals surface area contributed by atoms with Gasteiger partial charge in [0, 0.05) is 13.0 Å². The van der Waals surface area contributed by atoms with Crippen molar-refractivity contribution in [3.8, 4) is 0 Å². The molecule has 0 fully saturated rings. The molecule has 0 saturated carbocycles. The number of aromatic nitrogens is 3. The molecule has 0 atom stereocenters. The first-order chi connectivity index (χ1) is 6.38. The van der Waals surface area contributed by atoms with Gasteiger partial charge in [-0.05, 0) is 25.8 Å². The largest absolute Gasteiger partial charge is 0.330 e. The molecule has 0 aliphatic rings. The van der Waals surface area contributed by atoms with Gasteiger partial charge in [-0.15, -0.1) is 0 Å². The van der Waals surface area contributed by atoms with Crippen molar-refractivity contribution in [2.75, 3.05) is 6.54 Å². The lowest BCUT2D eigenvalue weighted by molar-refractivity contribution is 0.557. The van der Waals surface area contributed by atoms with Gasteiger partial charge in [-0.1, -0.05) is 6.92 Å². The van der Waals surface area contributed by atoms with Crippen molar-refractivity contribution in [3.63, 3.8) is 0 Å². The monoisotopic (exact) mass is 182 g/mol. The van der Waals surface area contributed by atoms with Crippen molar-refractivity contribution in [2.45, 2.75) is 39.2 Å². The van der Waals surface area contributed by atoms with Crippen LogP contribution in [0, 0.1) is 0 Å². The highest BCUT2D eigenvalue weighted by Crippen LogP contribution is 2.01. The molecule has 0 amide bonds. The maximum atomic E-state index is 5.42. The van der Waals surface area contributed by atoms with Crippen LogP contribution in [0.15, 0.2) is 6.33 Å². The molecule has 2 N–H and O–H groups in total. The van der Waals surface area contributed by atoms with Crippen LogP contribution in [0.5, 0.6) is 0 Å². The Kier molecular flexibility index (Phi) is 4.46. The van der Waals surface area contributed by atoms with Crippen LogP contribution >= 0.6 is 0 Å². The zero-order valence-corrected chi connectivity index (χ0v) is 8.24. The molecule has 4 heteroatoms. The molecule has 1 aromatic rings. The first-order valence-electron chi connectivity index (χ1n) is 4.95. The highest BCUT2D eigenvalue weighted by Gasteiger charge is 2.01. The third-order valence-electron chi connectivity index (χ3n) is 1.99. The lowest BCUT2D eigenvalue weighted by Crippen LogP contribution is -2.06. The van der Waals surface area contributed by atoms with Crippen LogP contribution in [0.4, 0.5) is 0 Å². The second kappa shape index (κ2) is 5.70. The Hall–Kier alpha value is -0.900. The molecule has 0 bridgehead atoms. The van der Waals surface area contributed by atoms with E-state index in [9.17, 15) is 0 Å². The van der Waals surface area contributed by atoms with Crippen molar-refractivity contribution >= 4 is 0 Å². The molecule has 13 heavy (non-hydrogen) atoms. The molecule has 0 aliphatic carbocycles. The fourth-order valence-corrected chi connectivity index (χ4v) is 1.31. The van der Waals surface area contributed by atoms with Crippen LogP contribution in [0.1, 0.15) is 32.0 Å². The smallest absolute Gasteiger partial charge is 0.138 e. The molecule has 0 aliphatic heterocycles. The lowest BCUT2D eigenvalue weighted by atomic mass is 10.2. The van der Waals surface area contributed by atoms with Gasteiger partial charge < -0.3 is 5.73 Å². The molecule has 0 aromatic carbocycles. The Bertz CT molecular complexity index is 231. The fourth-order valence-electron chi connectivity index (χ4n) is 1.31. The second-order valence-corrected chi connectivity index (χ2v) is 3.15. The molecule has 0 saturated heterocycles. The van der Waals surface area contributed by atoms with E-state index >= 15 is 0 Å². The summed E-state index contributed by atoms with van der Waals surface area (Å²) in [6, 6.07) is 0. The van der Waals surface area contributed by atoms with Gasteiger partial charge in [-0.2, -0.15) is 5.10 Å². The van der Waals surface area contributed by atoms with E-state index < -0.39 is 0 Å². The van der Waals surface area contributed by atoms with Crippen LogP contribution in [-0.4, -0.2) is 21.3 Å². The van der Waals surface area contributed by atoms with E-state index in [4.69, 9.17) is 5.73 Å². The van der Waals surface area contributed by atoms with Gasteiger partial charge in [0.25, 0.3) is 0 Å². The standard InChI is InChI=1S/C9H18N4/c1-2-7-13-9(11-8-12-13)5-3-4-6-10/h8H,2-7,10H2,1H3. The number of rotatable bonds is 6. The predicted octanol–water partition coefficient (Wildman–Crippen LogP) is 0.970. The van der Waals surface area contributed by atoms with Gasteiger partial charge >= 0.3 is 0 Å². The molecule has 0 radical (unpaired) electrons. The van der Waals surface area contributed by atoms with Crippen molar-refractivity contribution in [2.24, 2.45) is 5.73 Å². The summed E-state index contributed by atoms with van der Waals surface area (Å²) in [4.78, 5) is 4.22. The zero-order chi connectivity index (χ0) is 9.52. The van der Waals surface area contributed by atoms with Gasteiger partial charge in [-0.3, -0.25) is 4.68 Å². The zero-order valence-electron chi connectivity index (χ0n) is 8.24. The number of nitrogens with two attached hydrogens (primary N) is 1. The van der Waals surface area contributed by atoms with Gasteiger partial charge in [0.05, 0.1) is 0 Å². The Morgan fingerprint density at radius 2 is 2.31 bits per heavy atom. The molecule has 74 valence electrons. The average Bonchev–Trinajstić information content (AvgIpc) is 2.54. The quantitative estimate of drug-likeness (QED) is 0.667. The summed E-state index contributed by atoms with van der Waals surface area (Å²) in [5, 5.41) is 4.16. The third-order valence-corrected chi connectivity index (χ3v) is 1.99. The maximum absolute atomic E-state index is 5.42. The van der Waals surface area contributed by atoms with Gasteiger partial charge in [-0.25, -0.2) is 4.98 Å². The first-order valence-corrected chi connectivity index (χ1v) is 4.95. The van der Waals surface area contributed by atoms with Crippen molar-refractivity contribution in [1.29, 1.82) is 0 Å². The molecule has 1 aromatic heterocycles. The summed E-state index contributed by atoms with van der Waals surface area (Å²) >= 11 is 0. The Morgan fingerprint density at radius 1 is 1.46 bits per heavy atom. The molecular weight excluding hydrogens is 164 g/mol. The summed E-state index contributed by atoms with van der Waals surface area (Å²) in [7, 11) is 0. The predicted molar refractivity (Wildman–Crippen MR) is 52.3 cm³/mol. The minimum Gasteiger partial charge on any atom is -0.330 e. The summed E-state index contributed by atoms with van der Waals surface area (Å²) in [6.07, 6.45) is 5.91. The van der Waals surface area contributed by atoms with E-state index in [1.165, 1.54) is 0 Å². The summed E-state index contributed by atoms with van der Waals surface area (Å²) in [6.45, 7) is 3.88. The van der Waals surface area contributed by atoms with Crippen LogP contribution in [0.25, 0.3) is 0 Å². The SMILES string of the molecule is CCCn1ncnc1CCCCN. The van der Waals surface area contributed by atoms with E-state index in [2.05, 4.69) is 17.0 Å². The Morgan fingerprint density at radius 3 is 3.00 bits per heavy atom. The number of nitrogens with zero attached hydrogens (tertiary/aromatic N) is 3. The average molecular weight is 182 g/mol. The highest BCUT2D eigenvalue weighted by atomic mass is 15.3. The molecule has 4 nitrogen and oxygen atoms in total. The summed E-state index contributed by atoms with van der Waals surface area (Å²) in [5.74, 6) is 1.09. The van der Waals surface area contributed by atoms with Gasteiger partial charge in [0.2, 0.25) is 0 Å².